The summed E-state index contributed by atoms with van der Waals surface area (Å²) in [4.78, 5) is 28.7. The number of nitrogens with one attached hydrogen (secondary N) is 2. The zero-order chi connectivity index (χ0) is 15.1. The van der Waals surface area contributed by atoms with Gasteiger partial charge in [-0.15, -0.1) is 0 Å². The van der Waals surface area contributed by atoms with Crippen molar-refractivity contribution in [3.8, 4) is 0 Å². The topological polar surface area (TPSA) is 114 Å². The fourth-order valence-electron chi connectivity index (χ4n) is 2.08. The Hall–Kier alpha value is -1.93. The monoisotopic (exact) mass is 297 g/mol. The molecule has 1 fully saturated rings. The lowest BCUT2D eigenvalue weighted by Crippen LogP contribution is -2.27. The number of hydrogen-bond donors (Lipinski definition) is 3. The number of H-pyrrole nitrogens is 1. The molecule has 0 spiro atoms. The van der Waals surface area contributed by atoms with E-state index in [9.17, 15) is 9.59 Å². The van der Waals surface area contributed by atoms with Crippen LogP contribution in [0.3, 0.4) is 0 Å². The van der Waals surface area contributed by atoms with Crippen LogP contribution in [0.15, 0.2) is 6.33 Å². The van der Waals surface area contributed by atoms with E-state index >= 15 is 0 Å². The molecule has 1 aromatic heterocycles. The van der Waals surface area contributed by atoms with Gasteiger partial charge in [0.25, 0.3) is 5.91 Å². The number of rotatable bonds is 8. The highest BCUT2D eigenvalue weighted by Gasteiger charge is 2.19. The summed E-state index contributed by atoms with van der Waals surface area (Å²) in [5.74, 6) is -1.72. The Morgan fingerprint density at radius 2 is 2.43 bits per heavy atom. The van der Waals surface area contributed by atoms with Crippen molar-refractivity contribution in [3.63, 3.8) is 0 Å². The van der Waals surface area contributed by atoms with E-state index in [0.29, 0.717) is 26.2 Å². The molecule has 0 aliphatic carbocycles. The van der Waals surface area contributed by atoms with Gasteiger partial charge in [-0.2, -0.15) is 0 Å². The maximum Gasteiger partial charge on any atom is 0.354 e. The van der Waals surface area contributed by atoms with E-state index in [4.69, 9.17) is 14.6 Å². The Morgan fingerprint density at radius 3 is 3.14 bits per heavy atom. The standard InChI is InChI=1S/C13H19N3O5/c17-12(10-11(13(18)19)16-8-15-10)14-4-2-5-20-7-9-3-1-6-21-9/h8-9H,1-7H2,(H,14,17)(H,15,16)(H,18,19). The van der Waals surface area contributed by atoms with Crippen molar-refractivity contribution in [2.75, 3.05) is 26.4 Å². The fraction of sp³-hybridized carbons (Fsp3) is 0.615. The molecule has 2 heterocycles. The van der Waals surface area contributed by atoms with Crippen LogP contribution in [0.5, 0.6) is 0 Å². The zero-order valence-corrected chi connectivity index (χ0v) is 11.6. The number of aromatic carboxylic acids is 1. The summed E-state index contributed by atoms with van der Waals surface area (Å²) in [5, 5.41) is 11.5. The molecule has 1 aliphatic rings. The van der Waals surface area contributed by atoms with Gasteiger partial charge in [0.05, 0.1) is 19.0 Å². The lowest BCUT2D eigenvalue weighted by Gasteiger charge is -2.10. The highest BCUT2D eigenvalue weighted by molar-refractivity contribution is 6.02. The van der Waals surface area contributed by atoms with Gasteiger partial charge in [-0.3, -0.25) is 4.79 Å². The number of aromatic nitrogens is 2. The number of ether oxygens (including phenoxy) is 2. The van der Waals surface area contributed by atoms with E-state index in [-0.39, 0.29) is 17.5 Å². The lowest BCUT2D eigenvalue weighted by atomic mass is 10.2. The first-order valence-electron chi connectivity index (χ1n) is 6.92. The predicted octanol–water partition coefficient (Wildman–Crippen LogP) is 0.423. The van der Waals surface area contributed by atoms with E-state index < -0.39 is 11.9 Å². The Balaban J connectivity index is 1.60. The third-order valence-corrected chi connectivity index (χ3v) is 3.15. The third-order valence-electron chi connectivity index (χ3n) is 3.15. The van der Waals surface area contributed by atoms with Crippen LogP contribution in [0.4, 0.5) is 0 Å². The second kappa shape index (κ2) is 7.75. The predicted molar refractivity (Wildman–Crippen MR) is 72.3 cm³/mol. The molecule has 0 saturated carbocycles. The van der Waals surface area contributed by atoms with E-state index in [0.717, 1.165) is 19.4 Å². The van der Waals surface area contributed by atoms with E-state index in [2.05, 4.69) is 15.3 Å². The van der Waals surface area contributed by atoms with Crippen molar-refractivity contribution in [2.24, 2.45) is 0 Å². The highest BCUT2D eigenvalue weighted by Crippen LogP contribution is 2.11. The van der Waals surface area contributed by atoms with Crippen LogP contribution in [0.1, 0.15) is 40.2 Å². The highest BCUT2D eigenvalue weighted by atomic mass is 16.5. The van der Waals surface area contributed by atoms with Crippen LogP contribution >= 0.6 is 0 Å². The minimum Gasteiger partial charge on any atom is -0.477 e. The van der Waals surface area contributed by atoms with Crippen LogP contribution < -0.4 is 5.32 Å². The van der Waals surface area contributed by atoms with Gasteiger partial charge in [-0.1, -0.05) is 0 Å². The zero-order valence-electron chi connectivity index (χ0n) is 11.6. The summed E-state index contributed by atoms with van der Waals surface area (Å²) in [6.07, 6.45) is 4.14. The molecule has 1 saturated heterocycles. The van der Waals surface area contributed by atoms with E-state index in [1.54, 1.807) is 0 Å². The molecule has 21 heavy (non-hydrogen) atoms. The van der Waals surface area contributed by atoms with Crippen molar-refractivity contribution < 1.29 is 24.2 Å². The molecule has 1 unspecified atom stereocenters. The van der Waals surface area contributed by atoms with Crippen molar-refractivity contribution in [3.05, 3.63) is 17.7 Å². The van der Waals surface area contributed by atoms with Crippen LogP contribution in [0.2, 0.25) is 0 Å². The van der Waals surface area contributed by atoms with Crippen LogP contribution in [-0.4, -0.2) is 59.4 Å². The second-order valence-electron chi connectivity index (χ2n) is 4.75. The molecule has 8 nitrogen and oxygen atoms in total. The summed E-state index contributed by atoms with van der Waals surface area (Å²) < 4.78 is 10.9. The Bertz CT molecular complexity index is 482. The second-order valence-corrected chi connectivity index (χ2v) is 4.75. The molecule has 1 aromatic rings. The van der Waals surface area contributed by atoms with Crippen molar-refractivity contribution in [2.45, 2.75) is 25.4 Å². The normalized spacial score (nSPS) is 17.8. The van der Waals surface area contributed by atoms with Crippen molar-refractivity contribution in [1.29, 1.82) is 0 Å². The van der Waals surface area contributed by atoms with Gasteiger partial charge in [-0.25, -0.2) is 9.78 Å². The molecule has 0 bridgehead atoms. The molecule has 3 N–H and O–H groups in total. The average molecular weight is 297 g/mol. The molecular weight excluding hydrogens is 278 g/mol. The van der Waals surface area contributed by atoms with Crippen molar-refractivity contribution in [1.82, 2.24) is 15.3 Å². The molecule has 2 rings (SSSR count). The van der Waals surface area contributed by atoms with Gasteiger partial charge in [0, 0.05) is 19.8 Å². The Labute approximate surface area is 121 Å². The Kier molecular flexibility index (Phi) is 5.70. The molecular formula is C13H19N3O5. The first kappa shape index (κ1) is 15.5. The number of carboxylic acids is 1. The number of nitrogens with zero attached hydrogens (tertiary/aromatic N) is 1. The number of carboxylic acid groups (broad SMARTS) is 1. The summed E-state index contributed by atoms with van der Waals surface area (Å²) in [5.41, 5.74) is -0.315. The molecule has 1 atom stereocenters. The van der Waals surface area contributed by atoms with Crippen LogP contribution in [0.25, 0.3) is 0 Å². The maximum absolute atomic E-state index is 11.8. The smallest absolute Gasteiger partial charge is 0.354 e. The van der Waals surface area contributed by atoms with Crippen LogP contribution in [0, 0.1) is 0 Å². The average Bonchev–Trinajstić information content (AvgIpc) is 3.12. The quantitative estimate of drug-likeness (QED) is 0.599. The minimum atomic E-state index is -1.21. The van der Waals surface area contributed by atoms with Gasteiger partial charge in [0.15, 0.2) is 11.4 Å². The lowest BCUT2D eigenvalue weighted by molar-refractivity contribution is 0.0166. The summed E-state index contributed by atoms with van der Waals surface area (Å²) in [6.45, 7) is 2.30. The number of amides is 1. The molecule has 116 valence electrons. The van der Waals surface area contributed by atoms with Gasteiger partial charge in [-0.05, 0) is 19.3 Å². The maximum atomic E-state index is 11.8. The molecule has 0 aromatic carbocycles. The number of carbonyl (C=O) groups is 2. The number of carbonyl (C=O) groups excluding carboxylic acids is 1. The largest absolute Gasteiger partial charge is 0.477 e. The van der Waals surface area contributed by atoms with Gasteiger partial charge in [0.2, 0.25) is 0 Å². The van der Waals surface area contributed by atoms with Crippen molar-refractivity contribution >= 4 is 11.9 Å². The van der Waals surface area contributed by atoms with E-state index in [1.807, 2.05) is 0 Å². The third kappa shape index (κ3) is 4.54. The molecule has 0 radical (unpaired) electrons. The summed E-state index contributed by atoms with van der Waals surface area (Å²) in [7, 11) is 0. The number of hydrogen-bond acceptors (Lipinski definition) is 5. The first-order chi connectivity index (χ1) is 10.2. The number of aromatic amines is 1. The minimum absolute atomic E-state index is 0.109. The summed E-state index contributed by atoms with van der Waals surface area (Å²) >= 11 is 0. The molecule has 1 amide bonds. The fourth-order valence-corrected chi connectivity index (χ4v) is 2.08. The van der Waals surface area contributed by atoms with Gasteiger partial charge >= 0.3 is 5.97 Å². The SMILES string of the molecule is O=C(NCCCOCC1CCCO1)c1nc[nH]c1C(=O)O. The first-order valence-corrected chi connectivity index (χ1v) is 6.92. The number of imidazole rings is 1. The summed E-state index contributed by atoms with van der Waals surface area (Å²) in [6, 6.07) is 0. The molecule has 8 heteroatoms. The van der Waals surface area contributed by atoms with E-state index in [1.165, 1.54) is 6.33 Å². The molecule has 1 aliphatic heterocycles. The van der Waals surface area contributed by atoms with Gasteiger partial charge in [0.1, 0.15) is 0 Å². The Morgan fingerprint density at radius 1 is 1.57 bits per heavy atom. The van der Waals surface area contributed by atoms with Crippen LogP contribution in [-0.2, 0) is 9.47 Å². The van der Waals surface area contributed by atoms with Gasteiger partial charge < -0.3 is 24.9 Å².